The minimum absolute atomic E-state index is 0.00615. The third-order valence-electron chi connectivity index (χ3n) is 5.82. The SMILES string of the molecule is CC(C)(C)[Si](C)(C)OC1C(CO[Si](C)(C)C)OC(n2ccc(=O)[nH]c2=O)C1O[Si](C)(C)C. The molecule has 32 heavy (non-hydrogen) atoms. The number of H-pyrrole nitrogens is 1. The molecule has 2 rings (SSSR count). The summed E-state index contributed by atoms with van der Waals surface area (Å²) in [4.78, 5) is 26.6. The van der Waals surface area contributed by atoms with Crippen molar-refractivity contribution in [2.24, 2.45) is 0 Å². The molecule has 0 spiro atoms. The van der Waals surface area contributed by atoms with E-state index in [4.69, 9.17) is 18.0 Å². The Bertz CT molecular complexity index is 895. The fourth-order valence-corrected chi connectivity index (χ4v) is 6.27. The molecule has 2 heterocycles. The molecule has 1 aromatic rings. The molecule has 1 aromatic heterocycles. The molecule has 1 aliphatic rings. The number of nitrogens with one attached hydrogen (secondary N) is 1. The van der Waals surface area contributed by atoms with Gasteiger partial charge in [-0.05, 0) is 57.4 Å². The van der Waals surface area contributed by atoms with Crippen LogP contribution in [0.2, 0.25) is 57.4 Å². The van der Waals surface area contributed by atoms with Crippen LogP contribution in [0.25, 0.3) is 0 Å². The summed E-state index contributed by atoms with van der Waals surface area (Å²) in [5.74, 6) is 0. The highest BCUT2D eigenvalue weighted by Gasteiger charge is 2.52. The van der Waals surface area contributed by atoms with Crippen LogP contribution >= 0.6 is 0 Å². The molecule has 184 valence electrons. The van der Waals surface area contributed by atoms with Gasteiger partial charge in [0.1, 0.15) is 18.3 Å². The van der Waals surface area contributed by atoms with E-state index in [9.17, 15) is 9.59 Å². The zero-order valence-corrected chi connectivity index (χ0v) is 24.6. The molecular formula is C21H42N2O6Si3. The van der Waals surface area contributed by atoms with Crippen LogP contribution in [0.1, 0.15) is 27.0 Å². The van der Waals surface area contributed by atoms with Gasteiger partial charge in [-0.3, -0.25) is 14.3 Å². The second kappa shape index (κ2) is 9.43. The van der Waals surface area contributed by atoms with Crippen LogP contribution < -0.4 is 11.2 Å². The second-order valence-corrected chi connectivity index (χ2v) is 25.8. The predicted molar refractivity (Wildman–Crippen MR) is 135 cm³/mol. The second-order valence-electron chi connectivity index (χ2n) is 12.0. The van der Waals surface area contributed by atoms with E-state index < -0.39 is 48.5 Å². The van der Waals surface area contributed by atoms with Crippen LogP contribution in [0.3, 0.4) is 0 Å². The van der Waals surface area contributed by atoms with Gasteiger partial charge in [0, 0.05) is 12.3 Å². The highest BCUT2D eigenvalue weighted by molar-refractivity contribution is 6.74. The maximum Gasteiger partial charge on any atom is 0.330 e. The normalized spacial score (nSPS) is 25.3. The van der Waals surface area contributed by atoms with Crippen LogP contribution in [-0.2, 0) is 18.0 Å². The predicted octanol–water partition coefficient (Wildman–Crippen LogP) is 3.90. The molecule has 8 nitrogen and oxygen atoms in total. The average molecular weight is 503 g/mol. The van der Waals surface area contributed by atoms with E-state index in [2.05, 4.69) is 78.1 Å². The molecule has 11 heteroatoms. The Morgan fingerprint density at radius 2 is 1.56 bits per heavy atom. The number of ether oxygens (including phenoxy) is 1. The summed E-state index contributed by atoms with van der Waals surface area (Å²) in [6.45, 7) is 24.1. The van der Waals surface area contributed by atoms with Crippen molar-refractivity contribution in [1.82, 2.24) is 9.55 Å². The summed E-state index contributed by atoms with van der Waals surface area (Å²) < 4.78 is 27.5. The number of rotatable bonds is 8. The van der Waals surface area contributed by atoms with Crippen LogP contribution in [0.15, 0.2) is 21.9 Å². The molecule has 0 radical (unpaired) electrons. The third kappa shape index (κ3) is 7.08. The summed E-state index contributed by atoms with van der Waals surface area (Å²) in [6.07, 6.45) is -0.508. The molecule has 0 aliphatic carbocycles. The van der Waals surface area contributed by atoms with E-state index in [1.165, 1.54) is 16.8 Å². The standard InChI is InChI=1S/C21H42N2O6Si3/c1-21(2,3)32(10,11)29-17-15(14-26-30(4,5)6)27-19(18(17)28-31(7,8)9)23-13-12-16(24)22-20(23)25/h12-13,15,17-19H,14H2,1-11H3,(H,22,24,25). The molecule has 1 N–H and O–H groups in total. The molecule has 0 amide bonds. The lowest BCUT2D eigenvalue weighted by Crippen LogP contribution is -2.52. The molecule has 4 unspecified atom stereocenters. The number of hydrogen-bond acceptors (Lipinski definition) is 6. The molecule has 1 aliphatic heterocycles. The fourth-order valence-electron chi connectivity index (χ4n) is 3.22. The lowest BCUT2D eigenvalue weighted by atomic mass is 10.1. The lowest BCUT2D eigenvalue weighted by Gasteiger charge is -2.41. The van der Waals surface area contributed by atoms with Gasteiger partial charge in [-0.25, -0.2) is 4.79 Å². The first kappa shape index (κ1) is 27.4. The van der Waals surface area contributed by atoms with E-state index in [1.807, 2.05) is 0 Å². The molecule has 0 saturated carbocycles. The molecule has 0 bridgehead atoms. The Hall–Kier alpha value is -0.829. The van der Waals surface area contributed by atoms with Crippen LogP contribution in [-0.4, -0.2) is 59.4 Å². The van der Waals surface area contributed by atoms with Gasteiger partial charge in [-0.1, -0.05) is 20.8 Å². The van der Waals surface area contributed by atoms with Crippen molar-refractivity contribution < 1.29 is 18.0 Å². The highest BCUT2D eigenvalue weighted by Crippen LogP contribution is 2.42. The van der Waals surface area contributed by atoms with Gasteiger partial charge in [-0.15, -0.1) is 0 Å². The summed E-state index contributed by atoms with van der Waals surface area (Å²) in [5, 5.41) is -0.00615. The Labute approximate surface area is 195 Å². The lowest BCUT2D eigenvalue weighted by molar-refractivity contribution is -0.0498. The van der Waals surface area contributed by atoms with Gasteiger partial charge in [0.2, 0.25) is 0 Å². The Morgan fingerprint density at radius 1 is 0.969 bits per heavy atom. The van der Waals surface area contributed by atoms with Crippen LogP contribution in [0.4, 0.5) is 0 Å². The van der Waals surface area contributed by atoms with Gasteiger partial charge in [-0.2, -0.15) is 0 Å². The van der Waals surface area contributed by atoms with Gasteiger partial charge in [0.05, 0.1) is 6.61 Å². The topological polar surface area (TPSA) is 91.8 Å². The molecule has 1 fully saturated rings. The fraction of sp³-hybridized carbons (Fsp3) is 0.810. The largest absolute Gasteiger partial charge is 0.415 e. The number of hydrogen-bond donors (Lipinski definition) is 1. The van der Waals surface area contributed by atoms with Gasteiger partial charge < -0.3 is 18.0 Å². The molecular weight excluding hydrogens is 460 g/mol. The van der Waals surface area contributed by atoms with Crippen LogP contribution in [0, 0.1) is 0 Å². The van der Waals surface area contributed by atoms with E-state index in [0.717, 1.165) is 0 Å². The number of aromatic nitrogens is 2. The van der Waals surface area contributed by atoms with Crippen molar-refractivity contribution in [2.45, 2.75) is 103 Å². The molecule has 0 aromatic carbocycles. The minimum atomic E-state index is -2.19. The first-order valence-corrected chi connectivity index (χ1v) is 21.0. The summed E-state index contributed by atoms with van der Waals surface area (Å²) in [5.41, 5.74) is -0.968. The number of nitrogens with zero attached hydrogens (tertiary/aromatic N) is 1. The summed E-state index contributed by atoms with van der Waals surface area (Å²) in [7, 11) is -6.04. The third-order valence-corrected chi connectivity index (χ3v) is 12.3. The smallest absolute Gasteiger partial charge is 0.330 e. The average Bonchev–Trinajstić information content (AvgIpc) is 2.87. The minimum Gasteiger partial charge on any atom is -0.415 e. The van der Waals surface area contributed by atoms with Crippen molar-refractivity contribution in [3.8, 4) is 0 Å². The Kier molecular flexibility index (Phi) is 8.08. The Balaban J connectivity index is 2.54. The van der Waals surface area contributed by atoms with E-state index >= 15 is 0 Å². The van der Waals surface area contributed by atoms with Crippen molar-refractivity contribution in [3.63, 3.8) is 0 Å². The van der Waals surface area contributed by atoms with Gasteiger partial charge in [0.25, 0.3) is 5.56 Å². The maximum absolute atomic E-state index is 12.6. The van der Waals surface area contributed by atoms with Gasteiger partial charge >= 0.3 is 5.69 Å². The molecule has 1 saturated heterocycles. The number of aromatic amines is 1. The van der Waals surface area contributed by atoms with Crippen molar-refractivity contribution in [2.75, 3.05) is 6.61 Å². The van der Waals surface area contributed by atoms with Gasteiger partial charge in [0.15, 0.2) is 31.2 Å². The highest BCUT2D eigenvalue weighted by atomic mass is 28.4. The summed E-state index contributed by atoms with van der Waals surface area (Å²) in [6, 6.07) is 1.33. The zero-order chi connectivity index (χ0) is 24.7. The van der Waals surface area contributed by atoms with E-state index in [0.29, 0.717) is 6.61 Å². The van der Waals surface area contributed by atoms with Crippen molar-refractivity contribution in [1.29, 1.82) is 0 Å². The molecule has 4 atom stereocenters. The first-order valence-electron chi connectivity index (χ1n) is 11.3. The van der Waals surface area contributed by atoms with E-state index in [-0.39, 0.29) is 17.2 Å². The van der Waals surface area contributed by atoms with Crippen LogP contribution in [0.5, 0.6) is 0 Å². The zero-order valence-electron chi connectivity index (χ0n) is 21.6. The van der Waals surface area contributed by atoms with Crippen molar-refractivity contribution >= 4 is 25.0 Å². The van der Waals surface area contributed by atoms with E-state index in [1.54, 1.807) is 0 Å². The first-order chi connectivity index (χ1) is 14.3. The van der Waals surface area contributed by atoms with Crippen molar-refractivity contribution in [3.05, 3.63) is 33.1 Å². The Morgan fingerprint density at radius 3 is 2.03 bits per heavy atom. The maximum atomic E-state index is 12.6. The quantitative estimate of drug-likeness (QED) is 0.542. The monoisotopic (exact) mass is 502 g/mol. The summed E-state index contributed by atoms with van der Waals surface area (Å²) >= 11 is 0.